The van der Waals surface area contributed by atoms with E-state index in [-0.39, 0.29) is 11.1 Å². The lowest BCUT2D eigenvalue weighted by Crippen LogP contribution is -2.34. The van der Waals surface area contributed by atoms with Gasteiger partial charge in [-0.2, -0.15) is 13.2 Å². The molecule has 0 saturated carbocycles. The van der Waals surface area contributed by atoms with Gasteiger partial charge in [0.25, 0.3) is 5.91 Å². The molecular formula is C10H9BrF3NO2. The van der Waals surface area contributed by atoms with Crippen molar-refractivity contribution in [1.29, 1.82) is 0 Å². The second kappa shape index (κ2) is 5.50. The van der Waals surface area contributed by atoms with Crippen LogP contribution in [0.3, 0.4) is 0 Å². The monoisotopic (exact) mass is 311 g/mol. The fraction of sp³-hybridized carbons (Fsp3) is 0.300. The van der Waals surface area contributed by atoms with Crippen molar-refractivity contribution in [2.45, 2.75) is 12.8 Å². The smallest absolute Gasteiger partial charge is 0.392 e. The third kappa shape index (κ3) is 4.35. The maximum Gasteiger partial charge on any atom is 0.405 e. The number of carbonyl (C=O) groups is 1. The minimum absolute atomic E-state index is 0.0277. The third-order valence-corrected chi connectivity index (χ3v) is 2.42. The van der Waals surface area contributed by atoms with E-state index in [2.05, 4.69) is 15.9 Å². The van der Waals surface area contributed by atoms with Crippen LogP contribution in [0.2, 0.25) is 0 Å². The van der Waals surface area contributed by atoms with Gasteiger partial charge in [0.2, 0.25) is 0 Å². The maximum absolute atomic E-state index is 11.9. The Kier molecular flexibility index (Phi) is 4.53. The number of aliphatic hydroxyl groups excluding tert-OH is 1. The topological polar surface area (TPSA) is 49.3 Å². The molecule has 0 bridgehead atoms. The molecule has 0 saturated heterocycles. The second-order valence-corrected chi connectivity index (χ2v) is 4.17. The zero-order chi connectivity index (χ0) is 13.1. The molecule has 0 aliphatic carbocycles. The Morgan fingerprint density at radius 3 is 2.59 bits per heavy atom. The Bertz CT molecular complexity index is 421. The molecule has 0 fully saturated rings. The fourth-order valence-corrected chi connectivity index (χ4v) is 1.60. The van der Waals surface area contributed by atoms with Crippen molar-refractivity contribution in [3.63, 3.8) is 0 Å². The van der Waals surface area contributed by atoms with E-state index in [0.29, 0.717) is 4.47 Å². The SMILES string of the molecule is O=C(NCC(F)(F)F)c1ccc(Br)cc1CO. The second-order valence-electron chi connectivity index (χ2n) is 3.26. The largest absolute Gasteiger partial charge is 0.405 e. The first-order valence-corrected chi connectivity index (χ1v) is 5.37. The first kappa shape index (κ1) is 14.0. The number of hydrogen-bond acceptors (Lipinski definition) is 2. The standard InChI is InChI=1S/C10H9BrF3NO2/c11-7-1-2-8(6(3-7)4-16)9(17)15-5-10(12,13)14/h1-3,16H,4-5H2,(H,15,17). The van der Waals surface area contributed by atoms with Gasteiger partial charge in [0.1, 0.15) is 6.54 Å². The van der Waals surface area contributed by atoms with Gasteiger partial charge in [0.15, 0.2) is 0 Å². The highest BCUT2D eigenvalue weighted by molar-refractivity contribution is 9.10. The first-order chi connectivity index (χ1) is 7.83. The van der Waals surface area contributed by atoms with Gasteiger partial charge < -0.3 is 10.4 Å². The number of amides is 1. The molecule has 0 heterocycles. The predicted octanol–water partition coefficient (Wildman–Crippen LogP) is 2.23. The molecule has 2 N–H and O–H groups in total. The molecule has 0 aromatic heterocycles. The summed E-state index contributed by atoms with van der Waals surface area (Å²) in [6, 6.07) is 4.34. The van der Waals surface area contributed by atoms with Gasteiger partial charge in [0.05, 0.1) is 6.61 Å². The van der Waals surface area contributed by atoms with E-state index < -0.39 is 25.2 Å². The van der Waals surface area contributed by atoms with Gasteiger partial charge in [-0.15, -0.1) is 0 Å². The van der Waals surface area contributed by atoms with Crippen molar-refractivity contribution in [2.75, 3.05) is 6.54 Å². The van der Waals surface area contributed by atoms with E-state index in [0.717, 1.165) is 0 Å². The maximum atomic E-state index is 11.9. The lowest BCUT2D eigenvalue weighted by molar-refractivity contribution is -0.123. The molecule has 1 amide bonds. The van der Waals surface area contributed by atoms with Crippen molar-refractivity contribution < 1.29 is 23.1 Å². The zero-order valence-corrected chi connectivity index (χ0v) is 10.1. The summed E-state index contributed by atoms with van der Waals surface area (Å²) in [6.07, 6.45) is -4.45. The Balaban J connectivity index is 2.82. The highest BCUT2D eigenvalue weighted by Gasteiger charge is 2.28. The average molecular weight is 312 g/mol. The molecule has 0 aliphatic rings. The Morgan fingerprint density at radius 1 is 1.41 bits per heavy atom. The molecule has 0 spiro atoms. The van der Waals surface area contributed by atoms with E-state index in [9.17, 15) is 18.0 Å². The van der Waals surface area contributed by atoms with Crippen LogP contribution >= 0.6 is 15.9 Å². The number of rotatable bonds is 3. The van der Waals surface area contributed by atoms with Gasteiger partial charge >= 0.3 is 6.18 Å². The van der Waals surface area contributed by atoms with Crippen LogP contribution in [0, 0.1) is 0 Å². The van der Waals surface area contributed by atoms with Crippen molar-refractivity contribution in [1.82, 2.24) is 5.32 Å². The van der Waals surface area contributed by atoms with E-state index in [1.165, 1.54) is 18.2 Å². The summed E-state index contributed by atoms with van der Waals surface area (Å²) in [5.41, 5.74) is 0.291. The summed E-state index contributed by atoms with van der Waals surface area (Å²) in [5, 5.41) is 10.7. The normalized spacial score (nSPS) is 11.4. The van der Waals surface area contributed by atoms with Crippen LogP contribution in [0.1, 0.15) is 15.9 Å². The van der Waals surface area contributed by atoms with Crippen LogP contribution in [0.4, 0.5) is 13.2 Å². The molecule has 0 unspecified atom stereocenters. The molecule has 17 heavy (non-hydrogen) atoms. The number of nitrogens with one attached hydrogen (secondary N) is 1. The molecule has 0 atom stereocenters. The summed E-state index contributed by atoms with van der Waals surface area (Å²) in [6.45, 7) is -1.82. The fourth-order valence-electron chi connectivity index (χ4n) is 1.19. The summed E-state index contributed by atoms with van der Waals surface area (Å²) < 4.78 is 36.4. The quantitative estimate of drug-likeness (QED) is 0.899. The molecule has 94 valence electrons. The summed E-state index contributed by atoms with van der Waals surface area (Å²) in [4.78, 5) is 11.4. The van der Waals surface area contributed by atoms with Gasteiger partial charge in [-0.3, -0.25) is 4.79 Å². The van der Waals surface area contributed by atoms with Crippen LogP contribution in [-0.4, -0.2) is 23.7 Å². The number of halogens is 4. The molecule has 0 radical (unpaired) electrons. The number of alkyl halides is 3. The van der Waals surface area contributed by atoms with E-state index >= 15 is 0 Å². The van der Waals surface area contributed by atoms with Gasteiger partial charge in [-0.05, 0) is 23.8 Å². The highest BCUT2D eigenvalue weighted by atomic mass is 79.9. The molecule has 1 aromatic carbocycles. The summed E-state index contributed by atoms with van der Waals surface area (Å²) in [7, 11) is 0. The molecule has 0 aliphatic heterocycles. The minimum atomic E-state index is -4.45. The lowest BCUT2D eigenvalue weighted by Gasteiger charge is -2.10. The number of benzene rings is 1. The van der Waals surface area contributed by atoms with E-state index in [1.54, 1.807) is 5.32 Å². The summed E-state index contributed by atoms with van der Waals surface area (Å²) in [5.74, 6) is -0.862. The molecule has 3 nitrogen and oxygen atoms in total. The van der Waals surface area contributed by atoms with Gasteiger partial charge in [-0.1, -0.05) is 15.9 Å². The van der Waals surface area contributed by atoms with Crippen LogP contribution < -0.4 is 5.32 Å². The van der Waals surface area contributed by atoms with Gasteiger partial charge in [-0.25, -0.2) is 0 Å². The Labute approximate surface area is 104 Å². The van der Waals surface area contributed by atoms with Crippen LogP contribution in [-0.2, 0) is 6.61 Å². The number of hydrogen-bond donors (Lipinski definition) is 2. The van der Waals surface area contributed by atoms with Crippen LogP contribution in [0.5, 0.6) is 0 Å². The predicted molar refractivity (Wildman–Crippen MR) is 58.5 cm³/mol. The highest BCUT2D eigenvalue weighted by Crippen LogP contribution is 2.18. The number of aliphatic hydroxyl groups is 1. The van der Waals surface area contributed by atoms with E-state index in [1.807, 2.05) is 0 Å². The zero-order valence-electron chi connectivity index (χ0n) is 8.51. The van der Waals surface area contributed by atoms with Crippen molar-refractivity contribution in [3.05, 3.63) is 33.8 Å². The van der Waals surface area contributed by atoms with Crippen molar-refractivity contribution >= 4 is 21.8 Å². The van der Waals surface area contributed by atoms with Crippen LogP contribution in [0.25, 0.3) is 0 Å². The molecular weight excluding hydrogens is 303 g/mol. The first-order valence-electron chi connectivity index (χ1n) is 4.57. The lowest BCUT2D eigenvalue weighted by atomic mass is 10.1. The van der Waals surface area contributed by atoms with Crippen molar-refractivity contribution in [3.8, 4) is 0 Å². The minimum Gasteiger partial charge on any atom is -0.392 e. The molecule has 1 aromatic rings. The summed E-state index contributed by atoms with van der Waals surface area (Å²) >= 11 is 3.13. The molecule has 7 heteroatoms. The third-order valence-electron chi connectivity index (χ3n) is 1.93. The Hall–Kier alpha value is -1.08. The average Bonchev–Trinajstić information content (AvgIpc) is 2.24. The van der Waals surface area contributed by atoms with Gasteiger partial charge in [0, 0.05) is 10.0 Å². The number of carbonyl (C=O) groups excluding carboxylic acids is 1. The van der Waals surface area contributed by atoms with E-state index in [4.69, 9.17) is 5.11 Å². The molecule has 1 rings (SSSR count). The Morgan fingerprint density at radius 2 is 2.06 bits per heavy atom. The van der Waals surface area contributed by atoms with Crippen LogP contribution in [0.15, 0.2) is 22.7 Å². The van der Waals surface area contributed by atoms with Crippen molar-refractivity contribution in [2.24, 2.45) is 0 Å².